The summed E-state index contributed by atoms with van der Waals surface area (Å²) in [6.07, 6.45) is -0.00295. The molecule has 24 heavy (non-hydrogen) atoms. The van der Waals surface area contributed by atoms with Crippen molar-refractivity contribution in [1.82, 2.24) is 4.57 Å². The Morgan fingerprint density at radius 1 is 1.12 bits per heavy atom. The minimum atomic E-state index is -0.837. The number of nitrogens with zero attached hydrogens (tertiary/aromatic N) is 1. The summed E-state index contributed by atoms with van der Waals surface area (Å²) in [5, 5.41) is 11.6. The van der Waals surface area contributed by atoms with Crippen molar-refractivity contribution in [2.75, 3.05) is 0 Å². The number of aliphatic carboxylic acids is 1. The van der Waals surface area contributed by atoms with Gasteiger partial charge in [-0.15, -0.1) is 0 Å². The van der Waals surface area contributed by atoms with Crippen LogP contribution < -0.4 is 0 Å². The summed E-state index contributed by atoms with van der Waals surface area (Å²) in [4.78, 5) is 11.3. The molecule has 3 nitrogen and oxygen atoms in total. The molecule has 0 radical (unpaired) electrons. The molecule has 0 saturated carbocycles. The standard InChI is InChI=1S/C19H17Cl2NO2/c1-11-7-16-15(8-19(23)24)12(2)22(18(16)9-17(11)21)10-13-3-5-14(20)6-4-13/h3-7,9H,8,10H2,1-2H3,(H,23,24). The molecule has 0 unspecified atom stereocenters. The summed E-state index contributed by atoms with van der Waals surface area (Å²) >= 11 is 12.3. The highest BCUT2D eigenvalue weighted by atomic mass is 35.5. The van der Waals surface area contributed by atoms with Gasteiger partial charge in [0.15, 0.2) is 0 Å². The van der Waals surface area contributed by atoms with Gasteiger partial charge in [-0.1, -0.05) is 35.3 Å². The number of fused-ring (bicyclic) bond motifs is 1. The van der Waals surface area contributed by atoms with Gasteiger partial charge >= 0.3 is 5.97 Å². The van der Waals surface area contributed by atoms with Crippen LogP contribution in [0.1, 0.15) is 22.4 Å². The second kappa shape index (κ2) is 6.50. The molecule has 0 fully saturated rings. The first-order valence-corrected chi connectivity index (χ1v) is 8.36. The number of carbonyl (C=O) groups is 1. The van der Waals surface area contributed by atoms with Crippen LogP contribution in [-0.2, 0) is 17.8 Å². The van der Waals surface area contributed by atoms with E-state index in [9.17, 15) is 9.90 Å². The topological polar surface area (TPSA) is 42.2 Å². The van der Waals surface area contributed by atoms with Crippen LogP contribution in [0.3, 0.4) is 0 Å². The van der Waals surface area contributed by atoms with Crippen LogP contribution in [0.15, 0.2) is 36.4 Å². The third-order valence-corrected chi connectivity index (χ3v) is 4.98. The van der Waals surface area contributed by atoms with Gasteiger partial charge in [0.05, 0.1) is 11.9 Å². The second-order valence-electron chi connectivity index (χ2n) is 5.97. The first kappa shape index (κ1) is 16.9. The normalized spacial score (nSPS) is 11.2. The summed E-state index contributed by atoms with van der Waals surface area (Å²) in [5.74, 6) is -0.837. The highest BCUT2D eigenvalue weighted by Crippen LogP contribution is 2.31. The molecule has 0 aliphatic rings. The monoisotopic (exact) mass is 361 g/mol. The van der Waals surface area contributed by atoms with E-state index in [0.717, 1.165) is 33.3 Å². The molecule has 0 spiro atoms. The van der Waals surface area contributed by atoms with Crippen molar-refractivity contribution in [2.24, 2.45) is 0 Å². The summed E-state index contributed by atoms with van der Waals surface area (Å²) in [7, 11) is 0. The van der Waals surface area contributed by atoms with Gasteiger partial charge in [0, 0.05) is 27.7 Å². The van der Waals surface area contributed by atoms with Crippen molar-refractivity contribution in [3.8, 4) is 0 Å². The fraction of sp³-hybridized carbons (Fsp3) is 0.211. The lowest BCUT2D eigenvalue weighted by molar-refractivity contribution is -0.136. The molecule has 124 valence electrons. The van der Waals surface area contributed by atoms with E-state index < -0.39 is 5.97 Å². The molecule has 0 aliphatic heterocycles. The Morgan fingerprint density at radius 3 is 2.42 bits per heavy atom. The molecule has 0 bridgehead atoms. The zero-order chi connectivity index (χ0) is 17.4. The van der Waals surface area contributed by atoms with E-state index in [1.807, 2.05) is 50.2 Å². The minimum absolute atomic E-state index is 0.00295. The Morgan fingerprint density at radius 2 is 1.79 bits per heavy atom. The van der Waals surface area contributed by atoms with Gasteiger partial charge in [0.2, 0.25) is 0 Å². The van der Waals surface area contributed by atoms with Gasteiger partial charge < -0.3 is 9.67 Å². The van der Waals surface area contributed by atoms with Crippen LogP contribution in [-0.4, -0.2) is 15.6 Å². The molecule has 0 amide bonds. The number of carboxylic acid groups (broad SMARTS) is 1. The molecule has 3 rings (SSSR count). The van der Waals surface area contributed by atoms with E-state index in [1.165, 1.54) is 0 Å². The summed E-state index contributed by atoms with van der Waals surface area (Å²) in [5.41, 5.74) is 4.78. The Bertz CT molecular complexity index is 927. The number of rotatable bonds is 4. The molecular formula is C19H17Cl2NO2. The summed E-state index contributed by atoms with van der Waals surface area (Å²) in [6.45, 7) is 4.52. The fourth-order valence-corrected chi connectivity index (χ4v) is 3.31. The van der Waals surface area contributed by atoms with Crippen LogP contribution in [0, 0.1) is 13.8 Å². The largest absolute Gasteiger partial charge is 0.481 e. The van der Waals surface area contributed by atoms with Gasteiger partial charge in [-0.05, 0) is 54.8 Å². The smallest absolute Gasteiger partial charge is 0.307 e. The number of aryl methyl sites for hydroxylation is 1. The van der Waals surface area contributed by atoms with E-state index >= 15 is 0 Å². The third-order valence-electron chi connectivity index (χ3n) is 4.32. The molecule has 0 saturated heterocycles. The molecule has 0 atom stereocenters. The van der Waals surface area contributed by atoms with Crippen LogP contribution in [0.2, 0.25) is 10.0 Å². The average molecular weight is 362 g/mol. The number of hydrogen-bond acceptors (Lipinski definition) is 1. The highest BCUT2D eigenvalue weighted by molar-refractivity contribution is 6.32. The van der Waals surface area contributed by atoms with Crippen molar-refractivity contribution < 1.29 is 9.90 Å². The number of halogens is 2. The number of carboxylic acids is 1. The van der Waals surface area contributed by atoms with E-state index in [0.29, 0.717) is 16.6 Å². The van der Waals surface area contributed by atoms with E-state index in [2.05, 4.69) is 4.57 Å². The maximum Gasteiger partial charge on any atom is 0.307 e. The fourth-order valence-electron chi connectivity index (χ4n) is 3.03. The predicted octanol–water partition coefficient (Wildman–Crippen LogP) is 5.24. The van der Waals surface area contributed by atoms with Gasteiger partial charge in [-0.2, -0.15) is 0 Å². The number of aromatic nitrogens is 1. The molecule has 5 heteroatoms. The maximum atomic E-state index is 11.3. The molecule has 3 aromatic rings. The molecule has 1 N–H and O–H groups in total. The average Bonchev–Trinajstić information content (AvgIpc) is 2.75. The van der Waals surface area contributed by atoms with E-state index in [-0.39, 0.29) is 6.42 Å². The second-order valence-corrected chi connectivity index (χ2v) is 6.81. The molecular weight excluding hydrogens is 345 g/mol. The van der Waals surface area contributed by atoms with Crippen molar-refractivity contribution >= 4 is 40.1 Å². The summed E-state index contributed by atoms with van der Waals surface area (Å²) < 4.78 is 2.11. The first-order valence-electron chi connectivity index (χ1n) is 7.61. The molecule has 1 heterocycles. The number of hydrogen-bond donors (Lipinski definition) is 1. The SMILES string of the molecule is Cc1cc2c(CC(=O)O)c(C)n(Cc3ccc(Cl)cc3)c2cc1Cl. The van der Waals surface area contributed by atoms with Crippen molar-refractivity contribution in [3.05, 3.63) is 68.8 Å². The Labute approximate surface area is 150 Å². The lowest BCUT2D eigenvalue weighted by atomic mass is 10.1. The zero-order valence-corrected chi connectivity index (χ0v) is 14.9. The van der Waals surface area contributed by atoms with Crippen LogP contribution in [0.4, 0.5) is 0 Å². The first-order chi connectivity index (χ1) is 11.4. The zero-order valence-electron chi connectivity index (χ0n) is 13.4. The highest BCUT2D eigenvalue weighted by Gasteiger charge is 2.17. The lowest BCUT2D eigenvalue weighted by Gasteiger charge is -2.10. The Hall–Kier alpha value is -1.97. The quantitative estimate of drug-likeness (QED) is 0.690. The van der Waals surface area contributed by atoms with Gasteiger partial charge in [0.25, 0.3) is 0 Å². The predicted molar refractivity (Wildman–Crippen MR) is 98.3 cm³/mol. The van der Waals surface area contributed by atoms with Crippen LogP contribution in [0.25, 0.3) is 10.9 Å². The third kappa shape index (κ3) is 3.14. The van der Waals surface area contributed by atoms with Gasteiger partial charge in [0.1, 0.15) is 0 Å². The van der Waals surface area contributed by atoms with Gasteiger partial charge in [-0.25, -0.2) is 0 Å². The van der Waals surface area contributed by atoms with E-state index in [1.54, 1.807) is 0 Å². The molecule has 0 aliphatic carbocycles. The van der Waals surface area contributed by atoms with Crippen molar-refractivity contribution in [2.45, 2.75) is 26.8 Å². The Balaban J connectivity index is 2.18. The van der Waals surface area contributed by atoms with Gasteiger partial charge in [-0.3, -0.25) is 4.79 Å². The number of benzene rings is 2. The molecule has 1 aromatic heterocycles. The van der Waals surface area contributed by atoms with Crippen LogP contribution >= 0.6 is 23.2 Å². The maximum absolute atomic E-state index is 11.3. The summed E-state index contributed by atoms with van der Waals surface area (Å²) in [6, 6.07) is 11.5. The minimum Gasteiger partial charge on any atom is -0.481 e. The Kier molecular flexibility index (Phi) is 4.57. The van der Waals surface area contributed by atoms with E-state index in [4.69, 9.17) is 23.2 Å². The molecule has 2 aromatic carbocycles. The van der Waals surface area contributed by atoms with Crippen molar-refractivity contribution in [1.29, 1.82) is 0 Å². The van der Waals surface area contributed by atoms with Crippen LogP contribution in [0.5, 0.6) is 0 Å². The van der Waals surface area contributed by atoms with Crippen molar-refractivity contribution in [3.63, 3.8) is 0 Å². The lowest BCUT2D eigenvalue weighted by Crippen LogP contribution is -2.05.